The zero-order valence-electron chi connectivity index (χ0n) is 21.3. The Hall–Kier alpha value is -3.55. The van der Waals surface area contributed by atoms with Crippen LogP contribution < -0.4 is 20.9 Å². The first-order chi connectivity index (χ1) is 17.4. The van der Waals surface area contributed by atoms with E-state index in [1.807, 2.05) is 54.3 Å². The molecule has 4 N–H and O–H groups in total. The van der Waals surface area contributed by atoms with Gasteiger partial charge in [0.15, 0.2) is 0 Å². The summed E-state index contributed by atoms with van der Waals surface area (Å²) in [5.41, 5.74) is 3.82. The number of hydrogen-bond donors (Lipinski definition) is 4. The number of carboxylic acid groups (broad SMARTS) is 1. The Bertz CT molecular complexity index is 1020. The molecule has 0 radical (unpaired) electrons. The van der Waals surface area contributed by atoms with E-state index >= 15 is 0 Å². The highest BCUT2D eigenvalue weighted by atomic mass is 16.4. The number of nitrogens with one attached hydrogen (secondary N) is 3. The second-order valence-corrected chi connectivity index (χ2v) is 9.33. The van der Waals surface area contributed by atoms with Gasteiger partial charge in [0, 0.05) is 42.5 Å². The number of carbonyl (C=O) groups excluding carboxylic acids is 2. The Morgan fingerprint density at radius 2 is 1.61 bits per heavy atom. The van der Waals surface area contributed by atoms with E-state index in [2.05, 4.69) is 28.9 Å². The lowest BCUT2D eigenvalue weighted by Crippen LogP contribution is -2.44. The Kier molecular flexibility index (Phi) is 10.2. The van der Waals surface area contributed by atoms with Crippen LogP contribution in [0.4, 0.5) is 21.9 Å². The van der Waals surface area contributed by atoms with Gasteiger partial charge in [-0.15, -0.1) is 0 Å². The average Bonchev–Trinajstić information content (AvgIpc) is 2.86. The molecule has 0 saturated heterocycles. The molecule has 8 heteroatoms. The van der Waals surface area contributed by atoms with E-state index in [1.54, 1.807) is 0 Å². The molecule has 0 saturated carbocycles. The van der Waals surface area contributed by atoms with Gasteiger partial charge >= 0.3 is 6.09 Å². The molecular formula is C28H38N4O4. The highest BCUT2D eigenvalue weighted by molar-refractivity contribution is 5.95. The normalized spacial score (nSPS) is 16.7. The summed E-state index contributed by atoms with van der Waals surface area (Å²) >= 11 is 0. The number of para-hydroxylation sites is 1. The van der Waals surface area contributed by atoms with Gasteiger partial charge in [-0.25, -0.2) is 4.79 Å². The number of benzene rings is 2. The number of anilines is 3. The molecule has 0 spiro atoms. The van der Waals surface area contributed by atoms with E-state index in [1.165, 1.54) is 0 Å². The fraction of sp³-hybridized carbons (Fsp3) is 0.464. The summed E-state index contributed by atoms with van der Waals surface area (Å²) in [6.45, 7) is 4.46. The third kappa shape index (κ3) is 7.73. The van der Waals surface area contributed by atoms with Gasteiger partial charge < -0.3 is 26.0 Å². The van der Waals surface area contributed by atoms with Crippen molar-refractivity contribution in [1.82, 2.24) is 5.32 Å². The van der Waals surface area contributed by atoms with Gasteiger partial charge in [-0.2, -0.15) is 0 Å². The molecule has 2 atom stereocenters. The molecule has 3 rings (SSSR count). The molecule has 36 heavy (non-hydrogen) atoms. The molecule has 0 bridgehead atoms. The van der Waals surface area contributed by atoms with Crippen LogP contribution in [0, 0.1) is 0 Å². The molecule has 1 aliphatic heterocycles. The maximum absolute atomic E-state index is 12.5. The molecule has 194 valence electrons. The minimum atomic E-state index is -0.985. The fourth-order valence-corrected chi connectivity index (χ4v) is 4.71. The van der Waals surface area contributed by atoms with Gasteiger partial charge in [-0.3, -0.25) is 9.59 Å². The van der Waals surface area contributed by atoms with E-state index in [-0.39, 0.29) is 23.9 Å². The smallest absolute Gasteiger partial charge is 0.404 e. The first-order valence-corrected chi connectivity index (χ1v) is 12.9. The van der Waals surface area contributed by atoms with Crippen molar-refractivity contribution in [3.8, 4) is 0 Å². The lowest BCUT2D eigenvalue weighted by molar-refractivity contribution is -0.119. The number of fused-ring (bicyclic) bond motifs is 1. The molecule has 2 aromatic carbocycles. The number of rotatable bonds is 12. The van der Waals surface area contributed by atoms with E-state index in [4.69, 9.17) is 5.11 Å². The van der Waals surface area contributed by atoms with E-state index in [9.17, 15) is 14.4 Å². The van der Waals surface area contributed by atoms with Gasteiger partial charge in [-0.1, -0.05) is 44.4 Å². The van der Waals surface area contributed by atoms with Crippen LogP contribution in [0.15, 0.2) is 48.5 Å². The lowest BCUT2D eigenvalue weighted by atomic mass is 9.91. The highest BCUT2D eigenvalue weighted by Crippen LogP contribution is 2.39. The number of hydrogen-bond acceptors (Lipinski definition) is 4. The van der Waals surface area contributed by atoms with E-state index in [0.717, 1.165) is 61.2 Å². The Morgan fingerprint density at radius 3 is 2.33 bits per heavy atom. The van der Waals surface area contributed by atoms with Crippen LogP contribution in [-0.4, -0.2) is 35.6 Å². The van der Waals surface area contributed by atoms with E-state index in [0.29, 0.717) is 19.4 Å². The van der Waals surface area contributed by atoms with Gasteiger partial charge in [0.25, 0.3) is 0 Å². The fourth-order valence-electron chi connectivity index (χ4n) is 4.71. The predicted octanol–water partition coefficient (Wildman–Crippen LogP) is 5.92. The Balaban J connectivity index is 1.46. The van der Waals surface area contributed by atoms with Crippen LogP contribution in [0.1, 0.15) is 76.8 Å². The summed E-state index contributed by atoms with van der Waals surface area (Å²) in [4.78, 5) is 37.1. The SMILES string of the molecule is CCC(=O)N1c2ccccc2[C@H](Nc2ccc(NC(=O)CCCCCCCNC(=O)O)cc2)C[C@@H]1C. The zero-order chi connectivity index (χ0) is 25.9. The van der Waals surface area contributed by atoms with Crippen LogP contribution >= 0.6 is 0 Å². The third-order valence-electron chi connectivity index (χ3n) is 6.53. The summed E-state index contributed by atoms with van der Waals surface area (Å²) in [7, 11) is 0. The summed E-state index contributed by atoms with van der Waals surface area (Å²) in [5, 5.41) is 17.5. The van der Waals surface area contributed by atoms with Crippen molar-refractivity contribution < 1.29 is 19.5 Å². The first kappa shape index (κ1) is 27.0. The first-order valence-electron chi connectivity index (χ1n) is 12.9. The van der Waals surface area contributed by atoms with Crippen LogP contribution in [0.25, 0.3) is 0 Å². The molecule has 3 amide bonds. The van der Waals surface area contributed by atoms with Crippen molar-refractivity contribution in [3.63, 3.8) is 0 Å². The molecule has 1 heterocycles. The van der Waals surface area contributed by atoms with Crippen molar-refractivity contribution in [2.75, 3.05) is 22.1 Å². The Morgan fingerprint density at radius 1 is 0.944 bits per heavy atom. The van der Waals surface area contributed by atoms with Crippen molar-refractivity contribution in [3.05, 3.63) is 54.1 Å². The number of amides is 3. The minimum absolute atomic E-state index is 0.000955. The summed E-state index contributed by atoms with van der Waals surface area (Å²) in [6, 6.07) is 16.0. The van der Waals surface area contributed by atoms with Gasteiger partial charge in [0.1, 0.15) is 0 Å². The number of carbonyl (C=O) groups is 3. The van der Waals surface area contributed by atoms with Crippen molar-refractivity contribution in [2.45, 2.75) is 77.3 Å². The second-order valence-electron chi connectivity index (χ2n) is 9.33. The highest BCUT2D eigenvalue weighted by Gasteiger charge is 2.32. The van der Waals surface area contributed by atoms with Crippen LogP contribution in [0.2, 0.25) is 0 Å². The summed E-state index contributed by atoms with van der Waals surface area (Å²) in [5.74, 6) is 0.139. The minimum Gasteiger partial charge on any atom is -0.465 e. The van der Waals surface area contributed by atoms with Crippen LogP contribution in [0.3, 0.4) is 0 Å². The standard InChI is InChI=1S/C28H38N4O4/c1-3-27(34)32-20(2)19-24(23-11-8-9-12-25(23)32)30-21-14-16-22(17-15-21)31-26(33)13-7-5-4-6-10-18-29-28(35)36/h8-9,11-12,14-17,20,24,29-30H,3-7,10,13,18-19H2,1-2H3,(H,31,33)(H,35,36)/t20-,24+/m0/s1. The molecule has 1 aliphatic rings. The van der Waals surface area contributed by atoms with E-state index < -0.39 is 6.09 Å². The van der Waals surface area contributed by atoms with Crippen molar-refractivity contribution in [2.24, 2.45) is 0 Å². The van der Waals surface area contributed by atoms with Crippen molar-refractivity contribution in [1.29, 1.82) is 0 Å². The quantitative estimate of drug-likeness (QED) is 0.274. The molecule has 0 fully saturated rings. The molecule has 0 aromatic heterocycles. The summed E-state index contributed by atoms with van der Waals surface area (Å²) < 4.78 is 0. The zero-order valence-corrected chi connectivity index (χ0v) is 21.3. The Labute approximate surface area is 213 Å². The maximum Gasteiger partial charge on any atom is 0.404 e. The molecule has 0 aliphatic carbocycles. The second kappa shape index (κ2) is 13.5. The topological polar surface area (TPSA) is 111 Å². The number of unbranched alkanes of at least 4 members (excludes halogenated alkanes) is 4. The summed E-state index contributed by atoms with van der Waals surface area (Å²) in [6.07, 6.45) is 5.31. The average molecular weight is 495 g/mol. The lowest BCUT2D eigenvalue weighted by Gasteiger charge is -2.40. The molecular weight excluding hydrogens is 456 g/mol. The monoisotopic (exact) mass is 494 g/mol. The van der Waals surface area contributed by atoms with Gasteiger partial charge in [-0.05, 0) is 62.1 Å². The van der Waals surface area contributed by atoms with Crippen molar-refractivity contribution >= 4 is 35.0 Å². The predicted molar refractivity (Wildman–Crippen MR) is 143 cm³/mol. The van der Waals surface area contributed by atoms with Crippen LogP contribution in [-0.2, 0) is 9.59 Å². The van der Waals surface area contributed by atoms with Crippen LogP contribution in [0.5, 0.6) is 0 Å². The number of nitrogens with zero attached hydrogens (tertiary/aromatic N) is 1. The molecule has 8 nitrogen and oxygen atoms in total. The largest absolute Gasteiger partial charge is 0.465 e. The molecule has 2 aromatic rings. The maximum atomic E-state index is 12.5. The van der Waals surface area contributed by atoms with Gasteiger partial charge in [0.2, 0.25) is 11.8 Å². The molecule has 0 unspecified atom stereocenters. The third-order valence-corrected chi connectivity index (χ3v) is 6.53. The van der Waals surface area contributed by atoms with Gasteiger partial charge in [0.05, 0.1) is 6.04 Å².